The van der Waals surface area contributed by atoms with Crippen molar-refractivity contribution in [1.29, 1.82) is 0 Å². The molecule has 1 unspecified atom stereocenters. The molecule has 5 nitrogen and oxygen atoms in total. The molecule has 0 radical (unpaired) electrons. The number of carbonyl (C=O) groups is 1. The normalized spacial score (nSPS) is 12.2. The van der Waals surface area contributed by atoms with Crippen LogP contribution < -0.4 is 10.6 Å². The van der Waals surface area contributed by atoms with Crippen LogP contribution >= 0.6 is 0 Å². The van der Waals surface area contributed by atoms with E-state index in [1.807, 2.05) is 18.2 Å². The lowest BCUT2D eigenvalue weighted by molar-refractivity contribution is 0.230. The third-order valence-corrected chi connectivity index (χ3v) is 3.49. The fraction of sp³-hybridized carbons (Fsp3) is 0.600. The standard InChI is InChI=1S/C15H26N4O/c1-4-13(2)19(3)12-11-18-15(20)17-10-8-14-7-5-6-9-16-14/h5-7,9,13H,4,8,10-12H2,1-3H3,(H2,17,18,20). The van der Waals surface area contributed by atoms with Crippen LogP contribution in [0.2, 0.25) is 0 Å². The Hall–Kier alpha value is -1.62. The molecule has 0 aliphatic heterocycles. The predicted molar refractivity (Wildman–Crippen MR) is 81.7 cm³/mol. The van der Waals surface area contributed by atoms with Gasteiger partial charge in [-0.3, -0.25) is 4.98 Å². The molecule has 1 atom stereocenters. The third-order valence-electron chi connectivity index (χ3n) is 3.49. The van der Waals surface area contributed by atoms with Crippen LogP contribution in [0.15, 0.2) is 24.4 Å². The zero-order chi connectivity index (χ0) is 14.8. The third kappa shape index (κ3) is 6.52. The van der Waals surface area contributed by atoms with Gasteiger partial charge in [-0.1, -0.05) is 13.0 Å². The first-order valence-corrected chi connectivity index (χ1v) is 7.25. The summed E-state index contributed by atoms with van der Waals surface area (Å²) in [5, 5.41) is 5.71. The van der Waals surface area contributed by atoms with Gasteiger partial charge in [0.2, 0.25) is 0 Å². The van der Waals surface area contributed by atoms with E-state index >= 15 is 0 Å². The summed E-state index contributed by atoms with van der Waals surface area (Å²) >= 11 is 0. The number of nitrogens with zero attached hydrogens (tertiary/aromatic N) is 2. The average molecular weight is 278 g/mol. The molecule has 20 heavy (non-hydrogen) atoms. The van der Waals surface area contributed by atoms with Crippen LogP contribution in [-0.2, 0) is 6.42 Å². The molecule has 0 aliphatic rings. The highest BCUT2D eigenvalue weighted by molar-refractivity contribution is 5.73. The predicted octanol–water partition coefficient (Wildman–Crippen LogP) is 1.65. The number of amides is 2. The van der Waals surface area contributed by atoms with E-state index in [0.29, 0.717) is 19.1 Å². The minimum Gasteiger partial charge on any atom is -0.338 e. The molecule has 0 bridgehead atoms. The van der Waals surface area contributed by atoms with E-state index in [1.165, 1.54) is 0 Å². The van der Waals surface area contributed by atoms with Gasteiger partial charge < -0.3 is 15.5 Å². The summed E-state index contributed by atoms with van der Waals surface area (Å²) in [4.78, 5) is 18.0. The fourth-order valence-corrected chi connectivity index (χ4v) is 1.79. The van der Waals surface area contributed by atoms with Gasteiger partial charge in [0, 0.05) is 44.0 Å². The van der Waals surface area contributed by atoms with Crippen LogP contribution in [0.25, 0.3) is 0 Å². The van der Waals surface area contributed by atoms with Crippen LogP contribution in [0.3, 0.4) is 0 Å². The van der Waals surface area contributed by atoms with E-state index in [0.717, 1.165) is 25.1 Å². The van der Waals surface area contributed by atoms with Crippen molar-refractivity contribution in [3.63, 3.8) is 0 Å². The highest BCUT2D eigenvalue weighted by Crippen LogP contribution is 1.98. The lowest BCUT2D eigenvalue weighted by Crippen LogP contribution is -2.41. The van der Waals surface area contributed by atoms with E-state index in [2.05, 4.69) is 41.4 Å². The maximum Gasteiger partial charge on any atom is 0.314 e. The highest BCUT2D eigenvalue weighted by atomic mass is 16.2. The lowest BCUT2D eigenvalue weighted by atomic mass is 10.2. The SMILES string of the molecule is CCC(C)N(C)CCNC(=O)NCCc1ccccn1. The monoisotopic (exact) mass is 278 g/mol. The van der Waals surface area contributed by atoms with Gasteiger partial charge in [-0.15, -0.1) is 0 Å². The molecule has 1 aromatic rings. The van der Waals surface area contributed by atoms with Crippen LogP contribution in [0, 0.1) is 0 Å². The maximum absolute atomic E-state index is 11.6. The summed E-state index contributed by atoms with van der Waals surface area (Å²) in [5.41, 5.74) is 0.990. The molecular formula is C15H26N4O. The number of rotatable bonds is 8. The van der Waals surface area contributed by atoms with E-state index < -0.39 is 0 Å². The lowest BCUT2D eigenvalue weighted by Gasteiger charge is -2.23. The Morgan fingerprint density at radius 2 is 2.10 bits per heavy atom. The topological polar surface area (TPSA) is 57.3 Å². The molecule has 2 amide bonds. The Kier molecular flexibility index (Phi) is 7.65. The summed E-state index contributed by atoms with van der Waals surface area (Å²) in [5.74, 6) is 0. The second kappa shape index (κ2) is 9.31. The van der Waals surface area contributed by atoms with Crippen LogP contribution in [0.4, 0.5) is 4.79 Å². The molecule has 0 saturated carbocycles. The molecule has 1 aromatic heterocycles. The smallest absolute Gasteiger partial charge is 0.314 e. The molecule has 2 N–H and O–H groups in total. The quantitative estimate of drug-likeness (QED) is 0.760. The highest BCUT2D eigenvalue weighted by Gasteiger charge is 2.06. The molecule has 0 aliphatic carbocycles. The summed E-state index contributed by atoms with van der Waals surface area (Å²) < 4.78 is 0. The van der Waals surface area contributed by atoms with Crippen molar-refractivity contribution in [2.24, 2.45) is 0 Å². The number of likely N-dealkylation sites (N-methyl/N-ethyl adjacent to an activating group) is 1. The summed E-state index contributed by atoms with van der Waals surface area (Å²) in [6, 6.07) is 6.23. The molecule has 5 heteroatoms. The summed E-state index contributed by atoms with van der Waals surface area (Å²) in [6.45, 7) is 6.48. The Bertz CT molecular complexity index is 383. The zero-order valence-electron chi connectivity index (χ0n) is 12.7. The largest absolute Gasteiger partial charge is 0.338 e. The second-order valence-electron chi connectivity index (χ2n) is 4.99. The van der Waals surface area contributed by atoms with Crippen LogP contribution in [0.5, 0.6) is 0 Å². The van der Waals surface area contributed by atoms with Crippen molar-refractivity contribution in [3.8, 4) is 0 Å². The fourth-order valence-electron chi connectivity index (χ4n) is 1.79. The van der Waals surface area contributed by atoms with E-state index in [1.54, 1.807) is 6.20 Å². The minimum atomic E-state index is -0.113. The van der Waals surface area contributed by atoms with Crippen molar-refractivity contribution in [3.05, 3.63) is 30.1 Å². The first kappa shape index (κ1) is 16.4. The average Bonchev–Trinajstić information content (AvgIpc) is 2.47. The van der Waals surface area contributed by atoms with Gasteiger partial charge >= 0.3 is 6.03 Å². The van der Waals surface area contributed by atoms with Crippen LogP contribution in [-0.4, -0.2) is 48.6 Å². The molecule has 1 rings (SSSR count). The number of hydrogen-bond donors (Lipinski definition) is 2. The van der Waals surface area contributed by atoms with Gasteiger partial charge in [0.05, 0.1) is 0 Å². The van der Waals surface area contributed by atoms with Gasteiger partial charge in [0.25, 0.3) is 0 Å². The first-order chi connectivity index (χ1) is 9.63. The van der Waals surface area contributed by atoms with Crippen molar-refractivity contribution in [1.82, 2.24) is 20.5 Å². The zero-order valence-corrected chi connectivity index (χ0v) is 12.7. The van der Waals surface area contributed by atoms with E-state index in [4.69, 9.17) is 0 Å². The van der Waals surface area contributed by atoms with Gasteiger partial charge in [-0.2, -0.15) is 0 Å². The molecule has 0 saturated heterocycles. The van der Waals surface area contributed by atoms with Gasteiger partial charge in [-0.05, 0) is 32.5 Å². The Balaban J connectivity index is 2.09. The number of aromatic nitrogens is 1. The minimum absolute atomic E-state index is 0.113. The molecular weight excluding hydrogens is 252 g/mol. The van der Waals surface area contributed by atoms with Crippen molar-refractivity contribution in [2.45, 2.75) is 32.7 Å². The van der Waals surface area contributed by atoms with Crippen LogP contribution in [0.1, 0.15) is 26.0 Å². The van der Waals surface area contributed by atoms with Crippen molar-refractivity contribution < 1.29 is 4.79 Å². The number of pyridine rings is 1. The molecule has 1 heterocycles. The van der Waals surface area contributed by atoms with Gasteiger partial charge in [0.1, 0.15) is 0 Å². The number of urea groups is 1. The molecule has 0 spiro atoms. The second-order valence-corrected chi connectivity index (χ2v) is 4.99. The number of hydrogen-bond acceptors (Lipinski definition) is 3. The molecule has 0 aromatic carbocycles. The van der Waals surface area contributed by atoms with Gasteiger partial charge in [-0.25, -0.2) is 4.79 Å². The molecule has 112 valence electrons. The van der Waals surface area contributed by atoms with E-state index in [9.17, 15) is 4.79 Å². The Morgan fingerprint density at radius 1 is 1.35 bits per heavy atom. The molecule has 0 fully saturated rings. The van der Waals surface area contributed by atoms with Crippen molar-refractivity contribution in [2.75, 3.05) is 26.7 Å². The van der Waals surface area contributed by atoms with E-state index in [-0.39, 0.29) is 6.03 Å². The Morgan fingerprint density at radius 3 is 2.75 bits per heavy atom. The van der Waals surface area contributed by atoms with Gasteiger partial charge in [0.15, 0.2) is 0 Å². The maximum atomic E-state index is 11.6. The summed E-state index contributed by atoms with van der Waals surface area (Å²) in [6.07, 6.45) is 3.63. The number of nitrogens with one attached hydrogen (secondary N) is 2. The number of carbonyl (C=O) groups excluding carboxylic acids is 1. The van der Waals surface area contributed by atoms with Crippen molar-refractivity contribution >= 4 is 6.03 Å². The first-order valence-electron chi connectivity index (χ1n) is 7.25. The Labute approximate surface area is 121 Å². The summed E-state index contributed by atoms with van der Waals surface area (Å²) in [7, 11) is 2.08.